The van der Waals surface area contributed by atoms with Gasteiger partial charge in [0.15, 0.2) is 5.76 Å². The molecule has 0 fully saturated rings. The van der Waals surface area contributed by atoms with Crippen LogP contribution in [0.3, 0.4) is 0 Å². The van der Waals surface area contributed by atoms with Crippen LogP contribution in [0.2, 0.25) is 0 Å². The molecule has 0 aliphatic rings. The first-order valence-electron chi connectivity index (χ1n) is 6.65. The predicted octanol–water partition coefficient (Wildman–Crippen LogP) is 2.72. The van der Waals surface area contributed by atoms with Crippen molar-refractivity contribution < 1.29 is 23.8 Å². The molecule has 1 unspecified atom stereocenters. The molecular weight excluding hydrogens is 354 g/mol. The Morgan fingerprint density at radius 3 is 2.82 bits per heavy atom. The molecule has 0 bridgehead atoms. The standard InChI is InChI=1S/C15H16BrNO5/c1-8-10-7-9(16)3-4-12(10)22-13(8)14(18)17-11(15(19)20)5-6-21-2/h3-4,7,11H,5-6H2,1-2H3,(H,17,18)(H,19,20). The average molecular weight is 370 g/mol. The number of fused-ring (bicyclic) bond motifs is 1. The Bertz CT molecular complexity index is 709. The van der Waals surface area contributed by atoms with Crippen molar-refractivity contribution in [3.8, 4) is 0 Å². The number of carboxylic acids is 1. The second kappa shape index (κ2) is 6.93. The second-order valence-corrected chi connectivity index (χ2v) is 5.76. The first-order valence-corrected chi connectivity index (χ1v) is 7.44. The minimum Gasteiger partial charge on any atom is -0.480 e. The number of halogens is 1. The highest BCUT2D eigenvalue weighted by atomic mass is 79.9. The van der Waals surface area contributed by atoms with Crippen LogP contribution in [-0.4, -0.2) is 36.7 Å². The van der Waals surface area contributed by atoms with Crippen molar-refractivity contribution in [2.24, 2.45) is 0 Å². The third-order valence-corrected chi connectivity index (χ3v) is 3.81. The fraction of sp³-hybridized carbons (Fsp3) is 0.333. The molecule has 118 valence electrons. The monoisotopic (exact) mass is 369 g/mol. The van der Waals surface area contributed by atoms with E-state index in [1.165, 1.54) is 7.11 Å². The van der Waals surface area contributed by atoms with Gasteiger partial charge >= 0.3 is 5.97 Å². The second-order valence-electron chi connectivity index (χ2n) is 4.84. The number of furan rings is 1. The molecule has 1 amide bonds. The number of carbonyl (C=O) groups excluding carboxylic acids is 1. The number of carboxylic acid groups (broad SMARTS) is 1. The van der Waals surface area contributed by atoms with Gasteiger partial charge in [0.05, 0.1) is 0 Å². The summed E-state index contributed by atoms with van der Waals surface area (Å²) in [6.45, 7) is 2.00. The van der Waals surface area contributed by atoms with E-state index in [-0.39, 0.29) is 18.8 Å². The third-order valence-electron chi connectivity index (χ3n) is 3.32. The van der Waals surface area contributed by atoms with Gasteiger partial charge in [0.2, 0.25) is 0 Å². The van der Waals surface area contributed by atoms with E-state index in [4.69, 9.17) is 14.3 Å². The molecule has 1 heterocycles. The van der Waals surface area contributed by atoms with E-state index >= 15 is 0 Å². The van der Waals surface area contributed by atoms with Gasteiger partial charge in [-0.2, -0.15) is 0 Å². The molecule has 0 saturated heterocycles. The number of carbonyl (C=O) groups is 2. The normalized spacial score (nSPS) is 12.3. The Balaban J connectivity index is 2.25. The van der Waals surface area contributed by atoms with Gasteiger partial charge in [0, 0.05) is 35.6 Å². The summed E-state index contributed by atoms with van der Waals surface area (Å²) in [6, 6.07) is 4.39. The van der Waals surface area contributed by atoms with Gasteiger partial charge in [-0.25, -0.2) is 4.79 Å². The average Bonchev–Trinajstić information content (AvgIpc) is 2.80. The maximum atomic E-state index is 12.3. The molecule has 0 spiro atoms. The minimum absolute atomic E-state index is 0.122. The molecule has 7 heteroatoms. The first-order chi connectivity index (χ1) is 10.4. The maximum absolute atomic E-state index is 12.3. The molecule has 22 heavy (non-hydrogen) atoms. The Kier molecular flexibility index (Phi) is 5.20. The number of amides is 1. The topological polar surface area (TPSA) is 88.8 Å². The first kappa shape index (κ1) is 16.5. The number of benzene rings is 1. The summed E-state index contributed by atoms with van der Waals surface area (Å²) < 4.78 is 11.3. The fourth-order valence-corrected chi connectivity index (χ4v) is 2.49. The van der Waals surface area contributed by atoms with Crippen LogP contribution < -0.4 is 5.32 Å². The van der Waals surface area contributed by atoms with Crippen molar-refractivity contribution in [3.05, 3.63) is 34.0 Å². The van der Waals surface area contributed by atoms with Crippen LogP contribution in [0, 0.1) is 6.92 Å². The number of hydrogen-bond donors (Lipinski definition) is 2. The number of methoxy groups -OCH3 is 1. The summed E-state index contributed by atoms with van der Waals surface area (Å²) in [5.74, 6) is -1.54. The fourth-order valence-electron chi connectivity index (χ4n) is 2.13. The van der Waals surface area contributed by atoms with Gasteiger partial charge in [0.25, 0.3) is 5.91 Å². The lowest BCUT2D eigenvalue weighted by Gasteiger charge is -2.13. The van der Waals surface area contributed by atoms with E-state index in [9.17, 15) is 9.59 Å². The van der Waals surface area contributed by atoms with E-state index < -0.39 is 17.9 Å². The van der Waals surface area contributed by atoms with Crippen LogP contribution in [0.15, 0.2) is 27.1 Å². The molecule has 1 aromatic carbocycles. The van der Waals surface area contributed by atoms with E-state index in [2.05, 4.69) is 21.2 Å². The molecule has 0 radical (unpaired) electrons. The van der Waals surface area contributed by atoms with E-state index in [0.29, 0.717) is 11.1 Å². The van der Waals surface area contributed by atoms with Crippen LogP contribution in [0.1, 0.15) is 22.5 Å². The molecule has 0 aliphatic carbocycles. The Hall–Kier alpha value is -1.86. The van der Waals surface area contributed by atoms with Crippen molar-refractivity contribution in [1.82, 2.24) is 5.32 Å². The number of ether oxygens (including phenoxy) is 1. The number of rotatable bonds is 6. The number of nitrogens with one attached hydrogen (secondary N) is 1. The van der Waals surface area contributed by atoms with Crippen molar-refractivity contribution >= 4 is 38.8 Å². The third kappa shape index (κ3) is 3.48. The zero-order chi connectivity index (χ0) is 16.3. The maximum Gasteiger partial charge on any atom is 0.326 e. The summed E-state index contributed by atoms with van der Waals surface area (Å²) in [5, 5.41) is 12.4. The molecule has 0 aliphatic heterocycles. The van der Waals surface area contributed by atoms with Crippen molar-refractivity contribution in [2.75, 3.05) is 13.7 Å². The van der Waals surface area contributed by atoms with E-state index in [1.807, 2.05) is 12.1 Å². The molecule has 6 nitrogen and oxygen atoms in total. The summed E-state index contributed by atoms with van der Waals surface area (Å²) in [4.78, 5) is 23.4. The lowest BCUT2D eigenvalue weighted by atomic mass is 10.1. The lowest BCUT2D eigenvalue weighted by Crippen LogP contribution is -2.41. The van der Waals surface area contributed by atoms with Gasteiger partial charge in [-0.3, -0.25) is 4.79 Å². The highest BCUT2D eigenvalue weighted by molar-refractivity contribution is 9.10. The predicted molar refractivity (Wildman–Crippen MR) is 84.0 cm³/mol. The SMILES string of the molecule is COCCC(NC(=O)c1oc2ccc(Br)cc2c1C)C(=O)O. The van der Waals surface area contributed by atoms with Gasteiger partial charge < -0.3 is 19.6 Å². The Labute approximate surface area is 135 Å². The molecule has 2 rings (SSSR count). The van der Waals surface area contributed by atoms with E-state index in [1.54, 1.807) is 13.0 Å². The summed E-state index contributed by atoms with van der Waals surface area (Å²) >= 11 is 3.37. The highest BCUT2D eigenvalue weighted by Gasteiger charge is 2.24. The highest BCUT2D eigenvalue weighted by Crippen LogP contribution is 2.28. The van der Waals surface area contributed by atoms with Crippen molar-refractivity contribution in [2.45, 2.75) is 19.4 Å². The zero-order valence-electron chi connectivity index (χ0n) is 12.2. The van der Waals surface area contributed by atoms with Gasteiger partial charge in [0.1, 0.15) is 11.6 Å². The molecule has 2 aromatic rings. The lowest BCUT2D eigenvalue weighted by molar-refractivity contribution is -0.139. The van der Waals surface area contributed by atoms with Gasteiger partial charge in [-0.15, -0.1) is 0 Å². The van der Waals surface area contributed by atoms with Gasteiger partial charge in [-0.1, -0.05) is 15.9 Å². The van der Waals surface area contributed by atoms with Gasteiger partial charge in [-0.05, 0) is 25.1 Å². The molecular formula is C15H16BrNO5. The summed E-state index contributed by atoms with van der Waals surface area (Å²) in [5.41, 5.74) is 1.25. The quantitative estimate of drug-likeness (QED) is 0.816. The van der Waals surface area contributed by atoms with Crippen LogP contribution in [-0.2, 0) is 9.53 Å². The van der Waals surface area contributed by atoms with Crippen LogP contribution >= 0.6 is 15.9 Å². The smallest absolute Gasteiger partial charge is 0.326 e. The molecule has 1 atom stereocenters. The largest absolute Gasteiger partial charge is 0.480 e. The molecule has 2 N–H and O–H groups in total. The van der Waals surface area contributed by atoms with Crippen molar-refractivity contribution in [1.29, 1.82) is 0 Å². The Morgan fingerprint density at radius 1 is 1.45 bits per heavy atom. The van der Waals surface area contributed by atoms with Crippen LogP contribution in [0.5, 0.6) is 0 Å². The number of aryl methyl sites for hydroxylation is 1. The summed E-state index contributed by atoms with van der Waals surface area (Å²) in [7, 11) is 1.47. The molecule has 1 aromatic heterocycles. The van der Waals surface area contributed by atoms with Crippen LogP contribution in [0.25, 0.3) is 11.0 Å². The Morgan fingerprint density at radius 2 is 2.18 bits per heavy atom. The number of hydrogen-bond acceptors (Lipinski definition) is 4. The van der Waals surface area contributed by atoms with Crippen LogP contribution in [0.4, 0.5) is 0 Å². The minimum atomic E-state index is -1.11. The van der Waals surface area contributed by atoms with E-state index in [0.717, 1.165) is 9.86 Å². The summed E-state index contributed by atoms with van der Waals surface area (Å²) in [6.07, 6.45) is 0.183. The molecule has 0 saturated carbocycles. The van der Waals surface area contributed by atoms with Crippen molar-refractivity contribution in [3.63, 3.8) is 0 Å². The zero-order valence-corrected chi connectivity index (χ0v) is 13.8. The number of aliphatic carboxylic acids is 1.